The molecule has 5 nitrogen and oxygen atoms in total. The van der Waals surface area contributed by atoms with Gasteiger partial charge in [0.25, 0.3) is 0 Å². The fraction of sp³-hybridized carbons (Fsp3) is 0.211. The summed E-state index contributed by atoms with van der Waals surface area (Å²) in [4.78, 5) is 23.6. The third-order valence-electron chi connectivity index (χ3n) is 3.52. The van der Waals surface area contributed by atoms with Crippen molar-refractivity contribution >= 4 is 23.2 Å². The molecular formula is C19H20FN3O2. The number of carbonyl (C=O) groups excluding carboxylic acids is 2. The highest BCUT2D eigenvalue weighted by molar-refractivity contribution is 5.99. The fourth-order valence-electron chi connectivity index (χ4n) is 2.05. The van der Waals surface area contributed by atoms with Gasteiger partial charge in [0, 0.05) is 18.5 Å². The van der Waals surface area contributed by atoms with Crippen molar-refractivity contribution < 1.29 is 14.0 Å². The summed E-state index contributed by atoms with van der Waals surface area (Å²) in [7, 11) is 0. The molecule has 0 fully saturated rings. The van der Waals surface area contributed by atoms with Crippen LogP contribution in [0.3, 0.4) is 0 Å². The second-order valence-corrected chi connectivity index (χ2v) is 5.65. The monoisotopic (exact) mass is 341 g/mol. The molecule has 0 aliphatic rings. The van der Waals surface area contributed by atoms with Crippen LogP contribution in [-0.2, 0) is 9.59 Å². The first kappa shape index (κ1) is 18.3. The molecule has 0 spiro atoms. The van der Waals surface area contributed by atoms with Gasteiger partial charge in [-0.15, -0.1) is 0 Å². The Hall–Kier alpha value is -3.02. The summed E-state index contributed by atoms with van der Waals surface area (Å²) in [5.41, 5.74) is 5.67. The first-order valence-corrected chi connectivity index (χ1v) is 7.89. The number of halogens is 1. The minimum Gasteiger partial charge on any atom is -0.326 e. The van der Waals surface area contributed by atoms with Crippen LogP contribution in [0.25, 0.3) is 0 Å². The zero-order chi connectivity index (χ0) is 18.2. The van der Waals surface area contributed by atoms with Crippen molar-refractivity contribution in [1.29, 1.82) is 0 Å². The highest BCUT2D eigenvalue weighted by Crippen LogP contribution is 2.09. The molecule has 2 N–H and O–H groups in total. The number of nitrogens with one attached hydrogen (secondary N) is 2. The van der Waals surface area contributed by atoms with E-state index in [1.165, 1.54) is 24.3 Å². The largest absolute Gasteiger partial charge is 0.326 e. The lowest BCUT2D eigenvalue weighted by atomic mass is 10.1. The van der Waals surface area contributed by atoms with Crippen molar-refractivity contribution in [3.8, 4) is 0 Å². The molecule has 0 atom stereocenters. The van der Waals surface area contributed by atoms with Gasteiger partial charge in [-0.25, -0.2) is 9.82 Å². The molecule has 6 heteroatoms. The van der Waals surface area contributed by atoms with Gasteiger partial charge >= 0.3 is 0 Å². The number of anilines is 1. The number of hydrazone groups is 1. The molecule has 0 saturated carbocycles. The van der Waals surface area contributed by atoms with Gasteiger partial charge in [-0.1, -0.05) is 29.8 Å². The molecule has 2 amide bonds. The van der Waals surface area contributed by atoms with Crippen molar-refractivity contribution in [3.63, 3.8) is 0 Å². The van der Waals surface area contributed by atoms with E-state index in [1.54, 1.807) is 6.92 Å². The Morgan fingerprint density at radius 3 is 2.20 bits per heavy atom. The Kier molecular flexibility index (Phi) is 6.39. The van der Waals surface area contributed by atoms with Crippen molar-refractivity contribution in [2.24, 2.45) is 5.10 Å². The summed E-state index contributed by atoms with van der Waals surface area (Å²) < 4.78 is 12.8. The van der Waals surface area contributed by atoms with E-state index in [1.807, 2.05) is 31.2 Å². The summed E-state index contributed by atoms with van der Waals surface area (Å²) in [5.74, 6) is -1.04. The summed E-state index contributed by atoms with van der Waals surface area (Å²) in [6.07, 6.45) is 0.0278. The van der Waals surface area contributed by atoms with Crippen LogP contribution in [0.15, 0.2) is 53.6 Å². The van der Waals surface area contributed by atoms with Crippen molar-refractivity contribution in [2.45, 2.75) is 26.7 Å². The molecule has 0 aliphatic carbocycles. The maximum atomic E-state index is 12.8. The Labute approximate surface area is 145 Å². The third-order valence-corrected chi connectivity index (χ3v) is 3.52. The molecular weight excluding hydrogens is 321 g/mol. The second kappa shape index (κ2) is 8.73. The van der Waals surface area contributed by atoms with Crippen LogP contribution >= 0.6 is 0 Å². The van der Waals surface area contributed by atoms with Gasteiger partial charge in [0.1, 0.15) is 5.82 Å². The Bertz CT molecular complexity index is 768. The zero-order valence-corrected chi connectivity index (χ0v) is 14.2. The molecule has 0 unspecified atom stereocenters. The van der Waals surface area contributed by atoms with Gasteiger partial charge < -0.3 is 5.32 Å². The Morgan fingerprint density at radius 1 is 0.960 bits per heavy atom. The van der Waals surface area contributed by atoms with Crippen molar-refractivity contribution in [2.75, 3.05) is 5.32 Å². The lowest BCUT2D eigenvalue weighted by molar-refractivity contribution is -0.124. The number of hydrogen-bond acceptors (Lipinski definition) is 3. The number of hydrogen-bond donors (Lipinski definition) is 2. The lowest BCUT2D eigenvalue weighted by Gasteiger charge is -2.05. The number of aryl methyl sites for hydroxylation is 1. The standard InChI is InChI=1S/C19H20FN3O2/c1-13-3-5-15(6-4-13)14(2)22-23-19(25)12-11-18(24)21-17-9-7-16(20)8-10-17/h3-10H,11-12H2,1-2H3,(H,21,24)(H,23,25)/b22-14+. The van der Waals surface area contributed by atoms with E-state index in [2.05, 4.69) is 15.8 Å². The van der Waals surface area contributed by atoms with E-state index < -0.39 is 0 Å². The van der Waals surface area contributed by atoms with Gasteiger partial charge in [0.05, 0.1) is 5.71 Å². The fourth-order valence-corrected chi connectivity index (χ4v) is 2.05. The van der Waals surface area contributed by atoms with E-state index in [0.29, 0.717) is 11.4 Å². The zero-order valence-electron chi connectivity index (χ0n) is 14.2. The molecule has 2 aromatic carbocycles. The van der Waals surface area contributed by atoms with Crippen LogP contribution in [0, 0.1) is 12.7 Å². The predicted octanol–water partition coefficient (Wildman–Crippen LogP) is 3.39. The average molecular weight is 341 g/mol. The normalized spacial score (nSPS) is 11.1. The summed E-state index contributed by atoms with van der Waals surface area (Å²) in [6, 6.07) is 13.2. The number of carbonyl (C=O) groups is 2. The van der Waals surface area contributed by atoms with E-state index >= 15 is 0 Å². The quantitative estimate of drug-likeness (QED) is 0.624. The highest BCUT2D eigenvalue weighted by Gasteiger charge is 2.07. The maximum absolute atomic E-state index is 12.8. The SMILES string of the molecule is C/C(=N\NC(=O)CCC(=O)Nc1ccc(F)cc1)c1ccc(C)cc1. The minimum atomic E-state index is -0.376. The van der Waals surface area contributed by atoms with Gasteiger partial charge in [-0.3, -0.25) is 9.59 Å². The summed E-state index contributed by atoms with van der Waals surface area (Å²) in [6.45, 7) is 3.79. The molecule has 0 saturated heterocycles. The van der Waals surface area contributed by atoms with Crippen molar-refractivity contribution in [3.05, 3.63) is 65.5 Å². The van der Waals surface area contributed by atoms with E-state index in [-0.39, 0.29) is 30.5 Å². The van der Waals surface area contributed by atoms with Gasteiger partial charge in [0.15, 0.2) is 0 Å². The summed E-state index contributed by atoms with van der Waals surface area (Å²) in [5, 5.41) is 6.64. The van der Waals surface area contributed by atoms with Crippen LogP contribution in [0.2, 0.25) is 0 Å². The first-order valence-electron chi connectivity index (χ1n) is 7.89. The molecule has 0 radical (unpaired) electrons. The topological polar surface area (TPSA) is 70.6 Å². The second-order valence-electron chi connectivity index (χ2n) is 5.65. The molecule has 2 rings (SSSR count). The van der Waals surface area contributed by atoms with Crippen LogP contribution in [0.1, 0.15) is 30.9 Å². The minimum absolute atomic E-state index is 0.0116. The van der Waals surface area contributed by atoms with Gasteiger partial charge in [0.2, 0.25) is 11.8 Å². The number of benzene rings is 2. The Morgan fingerprint density at radius 2 is 1.56 bits per heavy atom. The molecule has 0 aliphatic heterocycles. The van der Waals surface area contributed by atoms with Crippen LogP contribution in [0.4, 0.5) is 10.1 Å². The highest BCUT2D eigenvalue weighted by atomic mass is 19.1. The predicted molar refractivity (Wildman–Crippen MR) is 95.8 cm³/mol. The molecule has 0 bridgehead atoms. The van der Waals surface area contributed by atoms with Crippen LogP contribution in [-0.4, -0.2) is 17.5 Å². The van der Waals surface area contributed by atoms with Crippen LogP contribution < -0.4 is 10.7 Å². The molecule has 130 valence electrons. The summed E-state index contributed by atoms with van der Waals surface area (Å²) >= 11 is 0. The maximum Gasteiger partial charge on any atom is 0.240 e. The number of amides is 2. The van der Waals surface area contributed by atoms with E-state index in [4.69, 9.17) is 0 Å². The smallest absolute Gasteiger partial charge is 0.240 e. The van der Waals surface area contributed by atoms with E-state index in [0.717, 1.165) is 11.1 Å². The third kappa shape index (κ3) is 6.18. The Balaban J connectivity index is 1.77. The number of nitrogens with zero attached hydrogens (tertiary/aromatic N) is 1. The molecule has 0 aromatic heterocycles. The van der Waals surface area contributed by atoms with Gasteiger partial charge in [-0.05, 0) is 43.7 Å². The molecule has 25 heavy (non-hydrogen) atoms. The molecule has 0 heterocycles. The van der Waals surface area contributed by atoms with Crippen molar-refractivity contribution in [1.82, 2.24) is 5.43 Å². The van der Waals surface area contributed by atoms with Gasteiger partial charge in [-0.2, -0.15) is 5.10 Å². The van der Waals surface area contributed by atoms with E-state index in [9.17, 15) is 14.0 Å². The lowest BCUT2D eigenvalue weighted by Crippen LogP contribution is -2.21. The molecule has 2 aromatic rings. The average Bonchev–Trinajstić information content (AvgIpc) is 2.60. The van der Waals surface area contributed by atoms with Crippen LogP contribution in [0.5, 0.6) is 0 Å². The number of rotatable bonds is 6. The first-order chi connectivity index (χ1) is 11.9.